The van der Waals surface area contributed by atoms with Crippen molar-refractivity contribution in [2.75, 3.05) is 16.8 Å². The first kappa shape index (κ1) is 13.3. The van der Waals surface area contributed by atoms with Crippen molar-refractivity contribution < 1.29 is 14.1 Å². The largest absolute Gasteiger partial charge is 0.339 e. The maximum absolute atomic E-state index is 12.3. The lowest BCUT2D eigenvalue weighted by Crippen LogP contribution is -2.42. The summed E-state index contributed by atoms with van der Waals surface area (Å²) in [6, 6.07) is 7.23. The monoisotopic (exact) mass is 286 g/mol. The molecule has 0 saturated carbocycles. The lowest BCUT2D eigenvalue weighted by Gasteiger charge is -2.29. The molecule has 0 bridgehead atoms. The highest BCUT2D eigenvalue weighted by atomic mass is 16.5. The summed E-state index contributed by atoms with van der Waals surface area (Å²) in [5.74, 6) is 0.625. The fraction of sp³-hybridized carbons (Fsp3) is 0.286. The molecule has 0 atom stereocenters. The third-order valence-corrected chi connectivity index (χ3v) is 3.19. The van der Waals surface area contributed by atoms with Crippen LogP contribution >= 0.6 is 0 Å². The van der Waals surface area contributed by atoms with Gasteiger partial charge in [-0.3, -0.25) is 9.59 Å². The fourth-order valence-corrected chi connectivity index (χ4v) is 2.25. The van der Waals surface area contributed by atoms with E-state index in [2.05, 4.69) is 15.5 Å². The first-order valence-electron chi connectivity index (χ1n) is 6.62. The van der Waals surface area contributed by atoms with Gasteiger partial charge in [0.2, 0.25) is 17.7 Å². The van der Waals surface area contributed by atoms with Crippen LogP contribution < -0.4 is 10.2 Å². The third-order valence-electron chi connectivity index (χ3n) is 3.19. The van der Waals surface area contributed by atoms with E-state index in [9.17, 15) is 9.59 Å². The highest BCUT2D eigenvalue weighted by Gasteiger charge is 2.26. The second kappa shape index (κ2) is 5.35. The van der Waals surface area contributed by atoms with Crippen LogP contribution in [-0.2, 0) is 16.0 Å². The van der Waals surface area contributed by atoms with Crippen LogP contribution in [0.1, 0.15) is 18.1 Å². The number of fused-ring (bicyclic) bond motifs is 1. The van der Waals surface area contributed by atoms with E-state index in [1.165, 1.54) is 4.90 Å². The molecule has 0 unspecified atom stereocenters. The highest BCUT2D eigenvalue weighted by Crippen LogP contribution is 2.29. The first-order valence-corrected chi connectivity index (χ1v) is 6.62. The van der Waals surface area contributed by atoms with Gasteiger partial charge in [0.1, 0.15) is 6.54 Å². The zero-order valence-electron chi connectivity index (χ0n) is 11.5. The molecule has 0 spiro atoms. The maximum atomic E-state index is 12.3. The molecule has 3 rings (SSSR count). The molecule has 2 amide bonds. The Kier molecular flexibility index (Phi) is 3.39. The number of aryl methyl sites for hydroxylation is 2. The molecule has 0 aliphatic carbocycles. The summed E-state index contributed by atoms with van der Waals surface area (Å²) in [5, 5.41) is 6.43. The van der Waals surface area contributed by atoms with Gasteiger partial charge in [0.15, 0.2) is 5.82 Å². The van der Waals surface area contributed by atoms with E-state index in [4.69, 9.17) is 4.52 Å². The number of aromatic nitrogens is 2. The van der Waals surface area contributed by atoms with Gasteiger partial charge in [-0.05, 0) is 19.1 Å². The second-order valence-corrected chi connectivity index (χ2v) is 4.78. The zero-order chi connectivity index (χ0) is 14.8. The van der Waals surface area contributed by atoms with E-state index >= 15 is 0 Å². The van der Waals surface area contributed by atoms with Crippen molar-refractivity contribution in [3.05, 3.63) is 36.0 Å². The molecule has 1 aromatic carbocycles. The number of carbonyl (C=O) groups excluding carboxylic acids is 2. The van der Waals surface area contributed by atoms with Crippen molar-refractivity contribution in [1.29, 1.82) is 0 Å². The van der Waals surface area contributed by atoms with Crippen LogP contribution in [0.5, 0.6) is 0 Å². The van der Waals surface area contributed by atoms with E-state index in [1.54, 1.807) is 13.0 Å². The smallest absolute Gasteiger partial charge is 0.244 e. The molecule has 0 fully saturated rings. The molecular weight excluding hydrogens is 272 g/mol. The van der Waals surface area contributed by atoms with Crippen molar-refractivity contribution in [3.63, 3.8) is 0 Å². The number of benzene rings is 1. The van der Waals surface area contributed by atoms with Crippen LogP contribution in [0, 0.1) is 6.92 Å². The number of hydrogen-bond acceptors (Lipinski definition) is 5. The Hall–Kier alpha value is -2.70. The van der Waals surface area contributed by atoms with Crippen molar-refractivity contribution in [1.82, 2.24) is 10.1 Å². The molecule has 1 aliphatic rings. The minimum atomic E-state index is -0.198. The molecule has 1 N–H and O–H groups in total. The number of hydrogen-bond donors (Lipinski definition) is 1. The fourth-order valence-electron chi connectivity index (χ4n) is 2.25. The SMILES string of the molecule is Cc1noc(CCC(=O)N2CC(=O)Nc3ccccc32)n1. The summed E-state index contributed by atoms with van der Waals surface area (Å²) >= 11 is 0. The molecule has 2 aromatic rings. The van der Waals surface area contributed by atoms with Crippen LogP contribution in [0.15, 0.2) is 28.8 Å². The van der Waals surface area contributed by atoms with Gasteiger partial charge in [0, 0.05) is 12.8 Å². The zero-order valence-corrected chi connectivity index (χ0v) is 11.5. The number of nitrogens with zero attached hydrogens (tertiary/aromatic N) is 3. The van der Waals surface area contributed by atoms with E-state index in [0.29, 0.717) is 29.5 Å². The lowest BCUT2D eigenvalue weighted by molar-refractivity contribution is -0.121. The van der Waals surface area contributed by atoms with Crippen molar-refractivity contribution in [3.8, 4) is 0 Å². The highest BCUT2D eigenvalue weighted by molar-refractivity contribution is 6.09. The first-order chi connectivity index (χ1) is 10.1. The van der Waals surface area contributed by atoms with E-state index in [1.807, 2.05) is 18.2 Å². The summed E-state index contributed by atoms with van der Waals surface area (Å²) in [7, 11) is 0. The molecule has 1 aliphatic heterocycles. The average molecular weight is 286 g/mol. The Bertz CT molecular complexity index is 695. The maximum Gasteiger partial charge on any atom is 0.244 e. The van der Waals surface area contributed by atoms with Crippen molar-refractivity contribution in [2.45, 2.75) is 19.8 Å². The molecule has 7 nitrogen and oxygen atoms in total. The van der Waals surface area contributed by atoms with Gasteiger partial charge in [-0.2, -0.15) is 4.98 Å². The summed E-state index contributed by atoms with van der Waals surface area (Å²) in [6.45, 7) is 1.75. The van der Waals surface area contributed by atoms with Gasteiger partial charge >= 0.3 is 0 Å². The lowest BCUT2D eigenvalue weighted by atomic mass is 10.1. The topological polar surface area (TPSA) is 88.3 Å². The quantitative estimate of drug-likeness (QED) is 0.918. The predicted octanol–water partition coefficient (Wildman–Crippen LogP) is 1.30. The molecule has 7 heteroatoms. The van der Waals surface area contributed by atoms with Crippen LogP contribution in [-0.4, -0.2) is 28.5 Å². The molecule has 1 aromatic heterocycles. The van der Waals surface area contributed by atoms with E-state index in [-0.39, 0.29) is 24.8 Å². The number of carbonyl (C=O) groups is 2. The Morgan fingerprint density at radius 2 is 2.24 bits per heavy atom. The molecule has 0 saturated heterocycles. The van der Waals surface area contributed by atoms with Gasteiger partial charge in [0.25, 0.3) is 0 Å². The van der Waals surface area contributed by atoms with Crippen LogP contribution in [0.3, 0.4) is 0 Å². The number of rotatable bonds is 3. The molecule has 108 valence electrons. The Balaban J connectivity index is 1.74. The molecule has 0 radical (unpaired) electrons. The van der Waals surface area contributed by atoms with Crippen LogP contribution in [0.25, 0.3) is 0 Å². The number of amides is 2. The van der Waals surface area contributed by atoms with Gasteiger partial charge in [0.05, 0.1) is 11.4 Å². The number of nitrogens with one attached hydrogen (secondary N) is 1. The summed E-state index contributed by atoms with van der Waals surface area (Å²) in [4.78, 5) is 29.6. The third kappa shape index (κ3) is 2.76. The second-order valence-electron chi connectivity index (χ2n) is 4.78. The Labute approximate surface area is 120 Å². The van der Waals surface area contributed by atoms with Crippen molar-refractivity contribution in [2.24, 2.45) is 0 Å². The summed E-state index contributed by atoms with van der Waals surface area (Å²) in [5.41, 5.74) is 1.36. The standard InChI is InChI=1S/C14H14N4O3/c1-9-15-13(21-17-9)6-7-14(20)18-8-12(19)16-10-4-2-3-5-11(10)18/h2-5H,6-8H2,1H3,(H,16,19). The molecule has 21 heavy (non-hydrogen) atoms. The van der Waals surface area contributed by atoms with Crippen molar-refractivity contribution >= 4 is 23.2 Å². The minimum absolute atomic E-state index is 0.0265. The van der Waals surface area contributed by atoms with Crippen LogP contribution in [0.2, 0.25) is 0 Å². The normalized spacial score (nSPS) is 13.8. The minimum Gasteiger partial charge on any atom is -0.339 e. The Morgan fingerprint density at radius 1 is 1.43 bits per heavy atom. The van der Waals surface area contributed by atoms with Gasteiger partial charge in [-0.1, -0.05) is 17.3 Å². The summed E-state index contributed by atoms with van der Waals surface area (Å²) in [6.07, 6.45) is 0.573. The summed E-state index contributed by atoms with van der Waals surface area (Å²) < 4.78 is 4.98. The molecular formula is C14H14N4O3. The van der Waals surface area contributed by atoms with Gasteiger partial charge < -0.3 is 14.7 Å². The Morgan fingerprint density at radius 3 is 3.00 bits per heavy atom. The number of anilines is 2. The molecule has 2 heterocycles. The van der Waals surface area contributed by atoms with Gasteiger partial charge in [-0.25, -0.2) is 0 Å². The number of para-hydroxylation sites is 2. The van der Waals surface area contributed by atoms with E-state index in [0.717, 1.165) is 0 Å². The average Bonchev–Trinajstić information content (AvgIpc) is 2.89. The predicted molar refractivity (Wildman–Crippen MR) is 74.8 cm³/mol. The van der Waals surface area contributed by atoms with Gasteiger partial charge in [-0.15, -0.1) is 0 Å². The van der Waals surface area contributed by atoms with Crippen LogP contribution in [0.4, 0.5) is 11.4 Å². The van der Waals surface area contributed by atoms with E-state index < -0.39 is 0 Å².